The molecule has 0 saturated heterocycles. The van der Waals surface area contributed by atoms with Crippen LogP contribution in [0, 0.1) is 0 Å². The minimum atomic E-state index is 0.265. The Labute approximate surface area is 119 Å². The predicted molar refractivity (Wildman–Crippen MR) is 79.5 cm³/mol. The molecule has 0 aliphatic heterocycles. The first-order chi connectivity index (χ1) is 8.69. The zero-order valence-electron chi connectivity index (χ0n) is 10.3. The molecule has 2 rings (SSSR count). The zero-order chi connectivity index (χ0) is 13.0. The number of thiophene rings is 1. The molecule has 1 atom stereocenters. The van der Waals surface area contributed by atoms with Crippen LogP contribution in [0.4, 0.5) is 5.69 Å². The monoisotopic (exact) mass is 326 g/mol. The number of nitrogens with one attached hydrogen (secondary N) is 1. The van der Waals surface area contributed by atoms with Crippen molar-refractivity contribution in [3.05, 3.63) is 39.1 Å². The van der Waals surface area contributed by atoms with Crippen molar-refractivity contribution in [2.45, 2.75) is 19.9 Å². The Morgan fingerprint density at radius 3 is 2.89 bits per heavy atom. The zero-order valence-corrected chi connectivity index (χ0v) is 12.7. The molecular weight excluding hydrogens is 312 g/mol. The van der Waals surface area contributed by atoms with Crippen molar-refractivity contribution in [2.75, 3.05) is 11.9 Å². The van der Waals surface area contributed by atoms with E-state index in [0.29, 0.717) is 12.5 Å². The summed E-state index contributed by atoms with van der Waals surface area (Å²) < 4.78 is 6.44. The number of anilines is 1. The third-order valence-corrected chi connectivity index (χ3v) is 4.30. The fourth-order valence-corrected chi connectivity index (χ4v) is 3.03. The van der Waals surface area contributed by atoms with Gasteiger partial charge in [-0.3, -0.25) is 0 Å². The van der Waals surface area contributed by atoms with Gasteiger partial charge in [-0.25, -0.2) is 4.98 Å². The summed E-state index contributed by atoms with van der Waals surface area (Å²) in [7, 11) is 0. The molecule has 2 aromatic rings. The second-order valence-corrected chi connectivity index (χ2v) is 5.71. The van der Waals surface area contributed by atoms with Gasteiger partial charge in [-0.15, -0.1) is 11.3 Å². The topological polar surface area (TPSA) is 34.1 Å². The Kier molecular flexibility index (Phi) is 4.60. The molecule has 1 N–H and O–H groups in total. The average molecular weight is 327 g/mol. The van der Waals surface area contributed by atoms with Crippen molar-refractivity contribution in [3.8, 4) is 5.88 Å². The van der Waals surface area contributed by atoms with Crippen LogP contribution in [0.2, 0.25) is 0 Å². The summed E-state index contributed by atoms with van der Waals surface area (Å²) in [5.74, 6) is 0.662. The Bertz CT molecular complexity index is 498. The van der Waals surface area contributed by atoms with Gasteiger partial charge in [0.25, 0.3) is 0 Å². The number of nitrogens with zero attached hydrogens (tertiary/aromatic N) is 1. The van der Waals surface area contributed by atoms with Gasteiger partial charge < -0.3 is 10.1 Å². The van der Waals surface area contributed by atoms with Gasteiger partial charge >= 0.3 is 0 Å². The SMILES string of the molecule is CCOc1ccc(NC(C)c2cc(Br)cs2)cn1. The molecule has 5 heteroatoms. The first kappa shape index (κ1) is 13.4. The van der Waals surface area contributed by atoms with Crippen LogP contribution in [0.15, 0.2) is 34.2 Å². The van der Waals surface area contributed by atoms with Gasteiger partial charge in [-0.1, -0.05) is 0 Å². The van der Waals surface area contributed by atoms with E-state index in [1.165, 1.54) is 4.88 Å². The predicted octanol–water partition coefficient (Wildman–Crippen LogP) is 4.48. The van der Waals surface area contributed by atoms with E-state index in [4.69, 9.17) is 4.74 Å². The van der Waals surface area contributed by atoms with Gasteiger partial charge in [0.2, 0.25) is 5.88 Å². The van der Waals surface area contributed by atoms with E-state index in [0.717, 1.165) is 10.2 Å². The summed E-state index contributed by atoms with van der Waals surface area (Å²) in [6, 6.07) is 6.26. The molecule has 96 valence electrons. The summed E-state index contributed by atoms with van der Waals surface area (Å²) in [6.07, 6.45) is 1.80. The Morgan fingerprint density at radius 1 is 1.50 bits per heavy atom. The standard InChI is InChI=1S/C13H15BrN2OS/c1-3-17-13-5-4-11(7-15-13)16-9(2)12-6-10(14)8-18-12/h4-9,16H,3H2,1-2H3. The highest BCUT2D eigenvalue weighted by atomic mass is 79.9. The van der Waals surface area contributed by atoms with Crippen molar-refractivity contribution in [1.29, 1.82) is 0 Å². The smallest absolute Gasteiger partial charge is 0.213 e. The molecule has 1 unspecified atom stereocenters. The van der Waals surface area contributed by atoms with Gasteiger partial charge in [0.1, 0.15) is 0 Å². The van der Waals surface area contributed by atoms with E-state index < -0.39 is 0 Å². The van der Waals surface area contributed by atoms with E-state index in [2.05, 4.69) is 44.6 Å². The lowest BCUT2D eigenvalue weighted by Gasteiger charge is -2.13. The van der Waals surface area contributed by atoms with E-state index >= 15 is 0 Å². The lowest BCUT2D eigenvalue weighted by atomic mass is 10.2. The third kappa shape index (κ3) is 3.46. The molecule has 0 amide bonds. The fraction of sp³-hybridized carbons (Fsp3) is 0.308. The minimum absolute atomic E-state index is 0.265. The molecule has 3 nitrogen and oxygen atoms in total. The molecular formula is C13H15BrN2OS. The van der Waals surface area contributed by atoms with Gasteiger partial charge in [0, 0.05) is 20.8 Å². The number of aromatic nitrogens is 1. The maximum absolute atomic E-state index is 5.31. The number of pyridine rings is 1. The highest BCUT2D eigenvalue weighted by molar-refractivity contribution is 9.10. The summed E-state index contributed by atoms with van der Waals surface area (Å²) in [5, 5.41) is 5.50. The lowest BCUT2D eigenvalue weighted by Crippen LogP contribution is -2.05. The van der Waals surface area contributed by atoms with Gasteiger partial charge in [0.15, 0.2) is 0 Å². The van der Waals surface area contributed by atoms with E-state index in [9.17, 15) is 0 Å². The van der Waals surface area contributed by atoms with E-state index in [-0.39, 0.29) is 6.04 Å². The Balaban J connectivity index is 2.00. The molecule has 0 fully saturated rings. The van der Waals surface area contributed by atoms with E-state index in [1.54, 1.807) is 17.5 Å². The second kappa shape index (κ2) is 6.20. The van der Waals surface area contributed by atoms with Crippen LogP contribution in [0.5, 0.6) is 5.88 Å². The molecule has 2 aromatic heterocycles. The average Bonchev–Trinajstić information content (AvgIpc) is 2.79. The summed E-state index contributed by atoms with van der Waals surface area (Å²) in [4.78, 5) is 5.52. The summed E-state index contributed by atoms with van der Waals surface area (Å²) in [6.45, 7) is 4.72. The third-order valence-electron chi connectivity index (χ3n) is 2.43. The van der Waals surface area contributed by atoms with Crippen LogP contribution in [0.25, 0.3) is 0 Å². The number of hydrogen-bond donors (Lipinski definition) is 1. The second-order valence-electron chi connectivity index (χ2n) is 3.85. The molecule has 0 spiro atoms. The molecule has 0 aromatic carbocycles. The van der Waals surface area contributed by atoms with Crippen LogP contribution in [-0.2, 0) is 0 Å². The largest absolute Gasteiger partial charge is 0.478 e. The van der Waals surface area contributed by atoms with Crippen molar-refractivity contribution < 1.29 is 4.74 Å². The molecule has 0 aliphatic carbocycles. The highest BCUT2D eigenvalue weighted by Gasteiger charge is 2.08. The van der Waals surface area contributed by atoms with Crippen LogP contribution in [-0.4, -0.2) is 11.6 Å². The van der Waals surface area contributed by atoms with Crippen LogP contribution < -0.4 is 10.1 Å². The maximum atomic E-state index is 5.31. The Morgan fingerprint density at radius 2 is 2.33 bits per heavy atom. The van der Waals surface area contributed by atoms with Crippen LogP contribution >= 0.6 is 27.3 Å². The van der Waals surface area contributed by atoms with E-state index in [1.807, 2.05) is 19.1 Å². The Hall–Kier alpha value is -1.07. The number of hydrogen-bond acceptors (Lipinski definition) is 4. The quantitative estimate of drug-likeness (QED) is 0.879. The van der Waals surface area contributed by atoms with Crippen LogP contribution in [0.3, 0.4) is 0 Å². The van der Waals surface area contributed by atoms with Crippen molar-refractivity contribution in [3.63, 3.8) is 0 Å². The van der Waals surface area contributed by atoms with Gasteiger partial charge in [0.05, 0.1) is 24.5 Å². The number of rotatable bonds is 5. The molecule has 0 aliphatic rings. The summed E-state index contributed by atoms with van der Waals surface area (Å²) >= 11 is 5.20. The molecule has 0 saturated carbocycles. The summed E-state index contributed by atoms with van der Waals surface area (Å²) in [5.41, 5.74) is 0.996. The highest BCUT2D eigenvalue weighted by Crippen LogP contribution is 2.27. The number of halogens is 1. The van der Waals surface area contributed by atoms with Gasteiger partial charge in [-0.05, 0) is 41.9 Å². The lowest BCUT2D eigenvalue weighted by molar-refractivity contribution is 0.327. The van der Waals surface area contributed by atoms with Crippen molar-refractivity contribution in [2.24, 2.45) is 0 Å². The normalized spacial score (nSPS) is 12.2. The van der Waals surface area contributed by atoms with Gasteiger partial charge in [-0.2, -0.15) is 0 Å². The number of ether oxygens (including phenoxy) is 1. The first-order valence-corrected chi connectivity index (χ1v) is 7.45. The van der Waals surface area contributed by atoms with Crippen molar-refractivity contribution >= 4 is 33.0 Å². The van der Waals surface area contributed by atoms with Crippen molar-refractivity contribution in [1.82, 2.24) is 4.98 Å². The van der Waals surface area contributed by atoms with Crippen LogP contribution in [0.1, 0.15) is 24.8 Å². The maximum Gasteiger partial charge on any atom is 0.213 e. The molecule has 0 bridgehead atoms. The molecule has 0 radical (unpaired) electrons. The molecule has 18 heavy (non-hydrogen) atoms. The first-order valence-electron chi connectivity index (χ1n) is 5.78. The minimum Gasteiger partial charge on any atom is -0.478 e. The molecule has 2 heterocycles. The fourth-order valence-electron chi connectivity index (χ4n) is 1.58.